The van der Waals surface area contributed by atoms with Gasteiger partial charge in [0.05, 0.1) is 10.0 Å². The number of carboxylic acids is 1. The molecule has 5 aromatic carbocycles. The van der Waals surface area contributed by atoms with Crippen LogP contribution in [-0.2, 0) is 35.6 Å². The van der Waals surface area contributed by atoms with Gasteiger partial charge in [-0.1, -0.05) is 65.7 Å². The summed E-state index contributed by atoms with van der Waals surface area (Å²) in [6.07, 6.45) is 1.18. The lowest BCUT2D eigenvalue weighted by atomic mass is 9.92. The predicted octanol–water partition coefficient (Wildman–Crippen LogP) is 9.81. The molecule has 3 N–H and O–H groups in total. The Labute approximate surface area is 371 Å². The molecule has 6 aromatic rings. The van der Waals surface area contributed by atoms with E-state index in [0.29, 0.717) is 50.1 Å². The Morgan fingerprint density at radius 3 is 2.30 bits per heavy atom. The van der Waals surface area contributed by atoms with E-state index in [0.717, 1.165) is 45.6 Å². The van der Waals surface area contributed by atoms with Crippen LogP contribution < -0.4 is 24.8 Å². The molecule has 322 valence electrons. The molecule has 3 amide bonds. The minimum absolute atomic E-state index is 0.0262. The number of benzene rings is 5. The maximum atomic E-state index is 14.2. The average Bonchev–Trinajstić information content (AvgIpc) is 3.26. The fourth-order valence-corrected chi connectivity index (χ4v) is 7.96. The highest BCUT2D eigenvalue weighted by Crippen LogP contribution is 2.41. The van der Waals surface area contributed by atoms with E-state index in [1.54, 1.807) is 30.5 Å². The van der Waals surface area contributed by atoms with Crippen LogP contribution >= 0.6 is 23.2 Å². The third kappa shape index (κ3) is 9.85. The Morgan fingerprint density at radius 2 is 1.59 bits per heavy atom. The zero-order chi connectivity index (χ0) is 44.4. The number of halogens is 4. The van der Waals surface area contributed by atoms with E-state index in [9.17, 15) is 28.3 Å². The maximum absolute atomic E-state index is 14.2. The van der Waals surface area contributed by atoms with Crippen molar-refractivity contribution in [3.8, 4) is 28.4 Å². The number of aryl methyl sites for hydroxylation is 1. The van der Waals surface area contributed by atoms with Crippen LogP contribution in [0.4, 0.5) is 19.3 Å². The van der Waals surface area contributed by atoms with Gasteiger partial charge in [0.1, 0.15) is 42.7 Å². The number of urea groups is 1. The van der Waals surface area contributed by atoms with E-state index in [1.807, 2.05) is 74.5 Å². The molecular formula is C48H40Cl2F2N4O7. The molecule has 0 spiro atoms. The quantitative estimate of drug-likeness (QED) is 0.117. The summed E-state index contributed by atoms with van der Waals surface area (Å²) in [5.74, 6) is -2.34. The second kappa shape index (κ2) is 18.3. The Bertz CT molecular complexity index is 2700. The Hall–Kier alpha value is -6.70. The molecule has 0 radical (unpaired) electrons. The van der Waals surface area contributed by atoms with Crippen molar-refractivity contribution in [1.82, 2.24) is 15.2 Å². The molecule has 0 aliphatic carbocycles. The number of pyridine rings is 1. The lowest BCUT2D eigenvalue weighted by Gasteiger charge is -2.37. The van der Waals surface area contributed by atoms with Gasteiger partial charge in [0.25, 0.3) is 0 Å². The topological polar surface area (TPSA) is 139 Å². The summed E-state index contributed by atoms with van der Waals surface area (Å²) in [7, 11) is 0. The van der Waals surface area contributed by atoms with Crippen molar-refractivity contribution >= 4 is 46.8 Å². The number of nitrogens with one attached hydrogen (secondary N) is 2. The zero-order valence-electron chi connectivity index (χ0n) is 34.0. The van der Waals surface area contributed by atoms with Crippen molar-refractivity contribution in [2.75, 3.05) is 11.9 Å². The van der Waals surface area contributed by atoms with Crippen molar-refractivity contribution in [3.63, 3.8) is 0 Å². The summed E-state index contributed by atoms with van der Waals surface area (Å²) in [6.45, 7) is 4.25. The molecule has 1 aromatic heterocycles. The second-order valence-electron chi connectivity index (χ2n) is 15.4. The van der Waals surface area contributed by atoms with Gasteiger partial charge in [-0.15, -0.1) is 0 Å². The number of nitrogens with zero attached hydrogens (tertiary/aromatic N) is 2. The first-order valence-corrected chi connectivity index (χ1v) is 20.7. The highest BCUT2D eigenvalue weighted by Gasteiger charge is 2.38. The van der Waals surface area contributed by atoms with Crippen LogP contribution in [0.15, 0.2) is 109 Å². The molecule has 0 bridgehead atoms. The molecule has 0 saturated heterocycles. The van der Waals surface area contributed by atoms with Gasteiger partial charge in [0, 0.05) is 43.0 Å². The molecule has 3 heterocycles. The third-order valence-electron chi connectivity index (χ3n) is 11.1. The number of hydrogen-bond donors (Lipinski definition) is 3. The largest absolute Gasteiger partial charge is 0.489 e. The Balaban J connectivity index is 0.995. The second-order valence-corrected chi connectivity index (χ2v) is 16.2. The number of rotatable bonds is 11. The number of hydrogen-bond acceptors (Lipinski definition) is 7. The van der Waals surface area contributed by atoms with Crippen LogP contribution in [0.25, 0.3) is 11.1 Å². The molecule has 0 saturated carbocycles. The molecule has 0 fully saturated rings. The van der Waals surface area contributed by atoms with E-state index >= 15 is 0 Å². The van der Waals surface area contributed by atoms with E-state index in [4.69, 9.17) is 37.4 Å². The summed E-state index contributed by atoms with van der Waals surface area (Å²) in [5.41, 5.74) is 7.35. The Morgan fingerprint density at radius 1 is 0.873 bits per heavy atom. The van der Waals surface area contributed by atoms with Crippen LogP contribution in [0.3, 0.4) is 0 Å². The molecule has 8 rings (SSSR count). The molecule has 0 unspecified atom stereocenters. The minimum atomic E-state index is -1.35. The molecule has 11 nitrogen and oxygen atoms in total. The minimum Gasteiger partial charge on any atom is -0.489 e. The molecule has 2 aliphatic heterocycles. The summed E-state index contributed by atoms with van der Waals surface area (Å²) >= 11 is 12.2. The number of fused-ring (bicyclic) bond motifs is 2. The molecular weight excluding hydrogens is 853 g/mol. The third-order valence-corrected chi connectivity index (χ3v) is 11.9. The predicted molar refractivity (Wildman–Crippen MR) is 233 cm³/mol. The van der Waals surface area contributed by atoms with Crippen LogP contribution in [0.5, 0.6) is 17.2 Å². The van der Waals surface area contributed by atoms with Crippen LogP contribution in [0, 0.1) is 25.5 Å². The normalized spacial score (nSPS) is 15.8. The van der Waals surface area contributed by atoms with Crippen molar-refractivity contribution < 1.29 is 42.5 Å². The van der Waals surface area contributed by atoms with Gasteiger partial charge in [-0.2, -0.15) is 0 Å². The van der Waals surface area contributed by atoms with Gasteiger partial charge >= 0.3 is 12.0 Å². The van der Waals surface area contributed by atoms with Gasteiger partial charge in [-0.25, -0.2) is 18.4 Å². The number of amides is 3. The highest BCUT2D eigenvalue weighted by molar-refractivity contribution is 6.42. The van der Waals surface area contributed by atoms with E-state index < -0.39 is 47.7 Å². The molecule has 15 heteroatoms. The first-order valence-electron chi connectivity index (χ1n) is 20.0. The van der Waals surface area contributed by atoms with Crippen LogP contribution in [-0.4, -0.2) is 51.6 Å². The van der Waals surface area contributed by atoms with Gasteiger partial charge in [-0.3, -0.25) is 9.78 Å². The summed E-state index contributed by atoms with van der Waals surface area (Å²) in [5, 5.41) is 16.3. The van der Waals surface area contributed by atoms with Gasteiger partial charge < -0.3 is 34.9 Å². The van der Waals surface area contributed by atoms with E-state index in [-0.39, 0.29) is 38.3 Å². The summed E-state index contributed by atoms with van der Waals surface area (Å²) < 4.78 is 46.8. The molecule has 3 atom stereocenters. The van der Waals surface area contributed by atoms with Gasteiger partial charge in [0.15, 0.2) is 17.6 Å². The van der Waals surface area contributed by atoms with Crippen molar-refractivity contribution in [1.29, 1.82) is 0 Å². The molecule has 63 heavy (non-hydrogen) atoms. The smallest absolute Gasteiger partial charge is 0.326 e. The number of ether oxygens (including phenoxy) is 3. The monoisotopic (exact) mass is 892 g/mol. The van der Waals surface area contributed by atoms with Crippen LogP contribution in [0.2, 0.25) is 10.0 Å². The Kier molecular flexibility index (Phi) is 12.5. The zero-order valence-corrected chi connectivity index (χ0v) is 35.5. The molecule has 2 aliphatic rings. The fraction of sp³-hybridized carbons (Fsp3) is 0.208. The average molecular weight is 894 g/mol. The fourth-order valence-electron chi connectivity index (χ4n) is 7.64. The lowest BCUT2D eigenvalue weighted by molar-refractivity contribution is -0.142. The van der Waals surface area contributed by atoms with Crippen molar-refractivity contribution in [2.45, 2.75) is 58.0 Å². The first-order chi connectivity index (χ1) is 30.3. The van der Waals surface area contributed by atoms with Crippen molar-refractivity contribution in [2.24, 2.45) is 0 Å². The summed E-state index contributed by atoms with van der Waals surface area (Å²) in [6, 6.07) is 24.6. The van der Waals surface area contributed by atoms with Gasteiger partial charge in [-0.05, 0) is 113 Å². The van der Waals surface area contributed by atoms with Gasteiger partial charge in [0.2, 0.25) is 5.91 Å². The van der Waals surface area contributed by atoms with E-state index in [1.165, 1.54) is 4.90 Å². The SMILES string of the molecule is Cc1nccc(-c2ccc(C[C@H](NC(=O)[C@@H]3Cc4cc5c(cc4CN3C(=O)Nc3cc(F)cc(F)c3)O[C@@H](c3ccc(OCc4ccc(Cl)c(Cl)c4)cc3)CO5)C(=O)O)cc2)c1C. The van der Waals surface area contributed by atoms with E-state index in [2.05, 4.69) is 15.6 Å². The number of anilines is 1. The number of carboxylic acid groups (broad SMARTS) is 1. The summed E-state index contributed by atoms with van der Waals surface area (Å²) in [4.78, 5) is 46.2. The standard InChI is InChI=1S/C48H40Cl2F2N4O7/c1-26-27(2)53-14-13-38(26)30-6-3-28(4-7-30)16-41(47(58)59)55-46(57)42-17-32-18-43-44(19-33(32)23-56(42)48(60)54-36-21-34(51)20-35(52)22-36)63-45(25-62-43)31-8-10-37(11-9-31)61-24-29-5-12-39(49)40(50)15-29/h3-15,18-22,41-42,45H,16-17,23-25H2,1-2H3,(H,54,60)(H,55,57)(H,58,59)/t41-,42-,45+/m0/s1. The number of carbonyl (C=O) groups is 3. The highest BCUT2D eigenvalue weighted by atomic mass is 35.5. The number of aromatic nitrogens is 1. The van der Waals surface area contributed by atoms with Crippen LogP contribution in [0.1, 0.15) is 45.2 Å². The first kappa shape index (κ1) is 43.0. The number of aliphatic carboxylic acids is 1. The number of carbonyl (C=O) groups excluding carboxylic acids is 2. The van der Waals surface area contributed by atoms with Crippen molar-refractivity contribution in [3.05, 3.63) is 170 Å². The maximum Gasteiger partial charge on any atom is 0.326 e. The lowest BCUT2D eigenvalue weighted by Crippen LogP contribution is -2.56.